The minimum Gasteiger partial charge on any atom is -0.458 e. The standard InChI is InChI=1S/C15H27NO4/c1-8-9-10-11(12(17)19-14(2,3)4)16-13(18)20-15(5,6)7/h8,11H,1,9-10H2,2-7H3,(H,16,18)/t11-/m0/s1/i1+1D2. The van der Waals surface area contributed by atoms with Crippen molar-refractivity contribution >= 4 is 12.1 Å². The second-order valence-electron chi connectivity index (χ2n) is 6.51. The van der Waals surface area contributed by atoms with Gasteiger partial charge >= 0.3 is 12.1 Å². The van der Waals surface area contributed by atoms with E-state index in [-0.39, 0.29) is 13.0 Å². The van der Waals surface area contributed by atoms with Crippen molar-refractivity contribution in [3.05, 3.63) is 12.6 Å². The Morgan fingerprint density at radius 1 is 1.20 bits per heavy atom. The summed E-state index contributed by atoms with van der Waals surface area (Å²) in [5, 5.41) is 2.48. The highest BCUT2D eigenvalue weighted by Crippen LogP contribution is 2.12. The molecule has 0 aromatic rings. The molecule has 0 aromatic carbocycles. The van der Waals surface area contributed by atoms with Crippen LogP contribution in [0.3, 0.4) is 0 Å². The number of hydrogen-bond acceptors (Lipinski definition) is 4. The molecule has 0 saturated carbocycles. The monoisotopic (exact) mass is 288 g/mol. The Balaban J connectivity index is 4.81. The molecule has 1 N–H and O–H groups in total. The van der Waals surface area contributed by atoms with Gasteiger partial charge in [-0.2, -0.15) is 0 Å². The molecule has 0 aromatic heterocycles. The molecule has 1 atom stereocenters. The normalized spacial score (nSPS) is 14.5. The largest absolute Gasteiger partial charge is 0.458 e. The van der Waals surface area contributed by atoms with Crippen LogP contribution in [-0.2, 0) is 14.3 Å². The molecular formula is C15H27NO4. The number of hydrogen-bond donors (Lipinski definition) is 1. The number of amides is 1. The molecule has 0 heterocycles. The van der Waals surface area contributed by atoms with Crippen molar-refractivity contribution in [3.8, 4) is 0 Å². The van der Waals surface area contributed by atoms with Gasteiger partial charge in [-0.05, 0) is 54.4 Å². The van der Waals surface area contributed by atoms with Gasteiger partial charge in [0.2, 0.25) is 0 Å². The van der Waals surface area contributed by atoms with E-state index >= 15 is 0 Å². The maximum atomic E-state index is 12.1. The molecule has 116 valence electrons. The van der Waals surface area contributed by atoms with Crippen LogP contribution in [0.2, 0.25) is 0 Å². The van der Waals surface area contributed by atoms with Crippen LogP contribution in [0.25, 0.3) is 0 Å². The van der Waals surface area contributed by atoms with E-state index in [2.05, 4.69) is 5.32 Å². The molecule has 0 fully saturated rings. The molecule has 0 bridgehead atoms. The van der Waals surface area contributed by atoms with Crippen molar-refractivity contribution in [1.82, 2.24) is 5.32 Å². The first-order valence-corrected chi connectivity index (χ1v) is 6.66. The molecule has 0 saturated heterocycles. The number of allylic oxidation sites excluding steroid dienone is 1. The molecule has 0 unspecified atom stereocenters. The van der Waals surface area contributed by atoms with Crippen molar-refractivity contribution in [3.63, 3.8) is 0 Å². The highest BCUT2D eigenvalue weighted by atomic mass is 16.6. The first-order valence-electron chi connectivity index (χ1n) is 7.66. The summed E-state index contributed by atoms with van der Waals surface area (Å²) < 4.78 is 24.5. The van der Waals surface area contributed by atoms with Crippen LogP contribution < -0.4 is 5.32 Å². The predicted molar refractivity (Wildman–Crippen MR) is 78.4 cm³/mol. The Morgan fingerprint density at radius 2 is 1.75 bits per heavy atom. The third-order valence-electron chi connectivity index (χ3n) is 1.98. The summed E-state index contributed by atoms with van der Waals surface area (Å²) in [6.45, 7) is 10.1. The molecule has 0 spiro atoms. The number of alkyl carbamates (subject to hydrolysis) is 1. The van der Waals surface area contributed by atoms with Gasteiger partial charge in [0, 0.05) is 0 Å². The van der Waals surface area contributed by atoms with Crippen LogP contribution in [0, 0.1) is 0 Å². The average Bonchev–Trinajstić information content (AvgIpc) is 2.21. The number of esters is 1. The van der Waals surface area contributed by atoms with Gasteiger partial charge in [-0.15, -0.1) is 6.53 Å². The van der Waals surface area contributed by atoms with E-state index < -0.39 is 29.3 Å². The van der Waals surface area contributed by atoms with Crippen molar-refractivity contribution in [1.29, 1.82) is 0 Å². The van der Waals surface area contributed by atoms with E-state index in [4.69, 9.17) is 12.2 Å². The highest BCUT2D eigenvalue weighted by Gasteiger charge is 2.27. The first-order chi connectivity index (χ1) is 9.80. The topological polar surface area (TPSA) is 64.6 Å². The summed E-state index contributed by atoms with van der Waals surface area (Å²) in [5.74, 6) is -0.566. The van der Waals surface area contributed by atoms with Gasteiger partial charge in [-0.1, -0.05) is 6.08 Å². The third-order valence-corrected chi connectivity index (χ3v) is 1.98. The summed E-state index contributed by atoms with van der Waals surface area (Å²) in [6, 6.07) is -0.885. The van der Waals surface area contributed by atoms with Crippen molar-refractivity contribution in [2.75, 3.05) is 0 Å². The van der Waals surface area contributed by atoms with Crippen LogP contribution in [0.1, 0.15) is 57.1 Å². The fourth-order valence-corrected chi connectivity index (χ4v) is 1.32. The van der Waals surface area contributed by atoms with Gasteiger partial charge in [-0.25, -0.2) is 9.59 Å². The molecule has 0 aliphatic carbocycles. The van der Waals surface area contributed by atoms with Gasteiger partial charge in [-0.3, -0.25) is 0 Å². The second-order valence-corrected chi connectivity index (χ2v) is 6.51. The van der Waals surface area contributed by atoms with Gasteiger partial charge in [0.1, 0.15) is 17.2 Å². The fourth-order valence-electron chi connectivity index (χ4n) is 1.32. The van der Waals surface area contributed by atoms with E-state index in [9.17, 15) is 9.59 Å². The lowest BCUT2D eigenvalue weighted by Gasteiger charge is -2.26. The SMILES string of the molecule is [2H][13C]([2H])=CCC[C@H](NC(=O)OC(C)(C)C)C(=O)OC(C)(C)C. The van der Waals surface area contributed by atoms with Gasteiger partial charge in [0.25, 0.3) is 0 Å². The summed E-state index contributed by atoms with van der Waals surface area (Å²) in [7, 11) is 0. The van der Waals surface area contributed by atoms with Gasteiger partial charge in [0.15, 0.2) is 0 Å². The van der Waals surface area contributed by atoms with E-state index in [1.54, 1.807) is 41.5 Å². The molecular weight excluding hydrogens is 259 g/mol. The molecule has 0 rings (SSSR count). The first kappa shape index (κ1) is 14.9. The Labute approximate surface area is 124 Å². The van der Waals surface area contributed by atoms with E-state index in [0.717, 1.165) is 0 Å². The second kappa shape index (κ2) is 7.31. The fraction of sp³-hybridized carbons (Fsp3) is 0.733. The summed E-state index contributed by atoms with van der Waals surface area (Å²) >= 11 is 0. The van der Waals surface area contributed by atoms with E-state index in [1.807, 2.05) is 0 Å². The molecule has 0 aliphatic heterocycles. The highest BCUT2D eigenvalue weighted by molar-refractivity contribution is 5.81. The summed E-state index contributed by atoms with van der Waals surface area (Å²) in [4.78, 5) is 23.9. The zero-order valence-corrected chi connectivity index (χ0v) is 13.2. The maximum absolute atomic E-state index is 12.1. The van der Waals surface area contributed by atoms with Crippen molar-refractivity contribution < 1.29 is 21.8 Å². The lowest BCUT2D eigenvalue weighted by Crippen LogP contribution is -2.45. The van der Waals surface area contributed by atoms with E-state index in [1.165, 1.54) is 6.08 Å². The van der Waals surface area contributed by atoms with Crippen LogP contribution in [-0.4, -0.2) is 29.3 Å². The van der Waals surface area contributed by atoms with Gasteiger partial charge in [0.05, 0.1) is 2.74 Å². The number of carbonyl (C=O) groups excluding carboxylic acids is 2. The molecule has 5 nitrogen and oxygen atoms in total. The molecule has 0 radical (unpaired) electrons. The molecule has 5 heteroatoms. The smallest absolute Gasteiger partial charge is 0.408 e. The Kier molecular flexibility index (Phi) is 5.44. The third kappa shape index (κ3) is 9.42. The molecule has 0 aliphatic rings. The maximum Gasteiger partial charge on any atom is 0.408 e. The van der Waals surface area contributed by atoms with Crippen molar-refractivity contribution in [2.24, 2.45) is 0 Å². The minimum absolute atomic E-state index is 0.232. The quantitative estimate of drug-likeness (QED) is 0.479. The minimum atomic E-state index is -0.885. The van der Waals surface area contributed by atoms with E-state index in [0.29, 0.717) is 6.42 Å². The lowest BCUT2D eigenvalue weighted by atomic mass is 10.1. The zero-order valence-electron chi connectivity index (χ0n) is 15.2. The summed E-state index contributed by atoms with van der Waals surface area (Å²) in [6.07, 6.45) is 1.19. The Bertz CT molecular complexity index is 418. The molecule has 20 heavy (non-hydrogen) atoms. The van der Waals surface area contributed by atoms with Crippen LogP contribution in [0.5, 0.6) is 0 Å². The number of ether oxygens (including phenoxy) is 2. The Morgan fingerprint density at radius 3 is 2.20 bits per heavy atom. The van der Waals surface area contributed by atoms with Crippen LogP contribution >= 0.6 is 0 Å². The lowest BCUT2D eigenvalue weighted by molar-refractivity contribution is -0.157. The summed E-state index contributed by atoms with van der Waals surface area (Å²) in [5.41, 5.74) is -1.34. The van der Waals surface area contributed by atoms with Crippen LogP contribution in [0.15, 0.2) is 12.6 Å². The zero-order chi connectivity index (χ0) is 17.6. The number of rotatable bonds is 5. The number of carbonyl (C=O) groups is 2. The van der Waals surface area contributed by atoms with Gasteiger partial charge < -0.3 is 14.8 Å². The van der Waals surface area contributed by atoms with Crippen molar-refractivity contribution in [2.45, 2.75) is 71.6 Å². The predicted octanol–water partition coefficient (Wildman–Crippen LogP) is 3.19. The average molecular weight is 288 g/mol. The Hall–Kier alpha value is -1.52. The number of nitrogens with one attached hydrogen (secondary N) is 1. The van der Waals surface area contributed by atoms with Crippen LogP contribution in [0.4, 0.5) is 4.79 Å². The molecule has 1 amide bonds.